The molecule has 190 valence electrons. The summed E-state index contributed by atoms with van der Waals surface area (Å²) < 4.78 is 47.0. The van der Waals surface area contributed by atoms with E-state index in [0.29, 0.717) is 5.56 Å². The van der Waals surface area contributed by atoms with Crippen molar-refractivity contribution in [1.29, 1.82) is 0 Å². The van der Waals surface area contributed by atoms with Crippen LogP contribution in [0.3, 0.4) is 0 Å². The lowest BCUT2D eigenvalue weighted by atomic mass is 9.99. The maximum absolute atomic E-state index is 12.9. The van der Waals surface area contributed by atoms with Crippen LogP contribution in [0.15, 0.2) is 30.3 Å². The number of alkyl halides is 3. The normalized spacial score (nSPS) is 13.0. The Kier molecular flexibility index (Phi) is 12.1. The van der Waals surface area contributed by atoms with Crippen molar-refractivity contribution in [2.75, 3.05) is 26.9 Å². The van der Waals surface area contributed by atoms with Gasteiger partial charge < -0.3 is 25.4 Å². The highest BCUT2D eigenvalue weighted by Gasteiger charge is 2.33. The molecule has 0 aliphatic heterocycles. The van der Waals surface area contributed by atoms with Crippen LogP contribution in [-0.2, 0) is 30.3 Å². The van der Waals surface area contributed by atoms with Gasteiger partial charge in [0.2, 0.25) is 11.7 Å². The van der Waals surface area contributed by atoms with Crippen LogP contribution < -0.4 is 16.0 Å². The highest BCUT2D eigenvalue weighted by Crippen LogP contribution is 2.13. The van der Waals surface area contributed by atoms with E-state index in [-0.39, 0.29) is 32.0 Å². The molecule has 0 spiro atoms. The molecule has 0 saturated heterocycles. The molecule has 0 aliphatic rings. The Labute approximate surface area is 195 Å². The minimum atomic E-state index is -4.70. The van der Waals surface area contributed by atoms with Crippen LogP contribution >= 0.6 is 0 Å². The molecule has 0 aliphatic carbocycles. The molecule has 0 aromatic heterocycles. The fourth-order valence-corrected chi connectivity index (χ4v) is 2.86. The van der Waals surface area contributed by atoms with Gasteiger partial charge in [-0.25, -0.2) is 4.79 Å². The highest BCUT2D eigenvalue weighted by molar-refractivity contribution is 6.38. The summed E-state index contributed by atoms with van der Waals surface area (Å²) in [6, 6.07) is 5.76. The van der Waals surface area contributed by atoms with Crippen molar-refractivity contribution in [2.45, 2.75) is 44.9 Å². The average molecular weight is 489 g/mol. The third kappa shape index (κ3) is 11.6. The van der Waals surface area contributed by atoms with Gasteiger partial charge in [-0.05, 0) is 17.9 Å². The van der Waals surface area contributed by atoms with Crippen molar-refractivity contribution in [1.82, 2.24) is 16.0 Å². The van der Waals surface area contributed by atoms with Gasteiger partial charge in [0.1, 0.15) is 25.2 Å². The predicted octanol–water partition coefficient (Wildman–Crippen LogP) is 1.75. The molecular weight excluding hydrogens is 459 g/mol. The van der Waals surface area contributed by atoms with Crippen molar-refractivity contribution in [3.05, 3.63) is 35.9 Å². The fourth-order valence-electron chi connectivity index (χ4n) is 2.86. The molecule has 1 aromatic rings. The van der Waals surface area contributed by atoms with E-state index in [0.717, 1.165) is 0 Å². The average Bonchev–Trinajstić information content (AvgIpc) is 2.76. The number of carbonyl (C=O) groups is 4. The lowest BCUT2D eigenvalue weighted by Gasteiger charge is -2.23. The largest absolute Gasteiger partial charge is 0.447 e. The van der Waals surface area contributed by atoms with E-state index in [9.17, 15) is 32.3 Å². The first-order valence-corrected chi connectivity index (χ1v) is 10.6. The summed E-state index contributed by atoms with van der Waals surface area (Å²) >= 11 is 0. The number of methoxy groups -OCH3 is 1. The smallest absolute Gasteiger partial charge is 0.407 e. The van der Waals surface area contributed by atoms with Gasteiger partial charge in [-0.3, -0.25) is 14.4 Å². The number of hydrogen-bond donors (Lipinski definition) is 3. The maximum Gasteiger partial charge on any atom is 0.407 e. The third-order valence-corrected chi connectivity index (χ3v) is 4.43. The molecule has 2 atom stereocenters. The van der Waals surface area contributed by atoms with Crippen molar-refractivity contribution < 1.29 is 41.8 Å². The number of ether oxygens (including phenoxy) is 2. The maximum atomic E-state index is 12.9. The molecule has 1 aromatic carbocycles. The number of alkyl carbamates (subject to hydrolysis) is 1. The molecule has 3 N–H and O–H groups in total. The Bertz CT molecular complexity index is 818. The van der Waals surface area contributed by atoms with Gasteiger partial charge in [0.15, 0.2) is 0 Å². The lowest BCUT2D eigenvalue weighted by Crippen LogP contribution is -2.55. The topological polar surface area (TPSA) is 123 Å². The summed E-state index contributed by atoms with van der Waals surface area (Å²) in [7, 11) is 1.42. The van der Waals surface area contributed by atoms with E-state index in [1.165, 1.54) is 12.4 Å². The van der Waals surface area contributed by atoms with Gasteiger partial charge in [-0.1, -0.05) is 44.2 Å². The van der Waals surface area contributed by atoms with Gasteiger partial charge in [-0.2, -0.15) is 13.2 Å². The molecule has 1 unspecified atom stereocenters. The van der Waals surface area contributed by atoms with Gasteiger partial charge in [0, 0.05) is 13.5 Å². The van der Waals surface area contributed by atoms with E-state index in [2.05, 4.69) is 10.6 Å². The zero-order chi connectivity index (χ0) is 25.7. The minimum Gasteiger partial charge on any atom is -0.447 e. The van der Waals surface area contributed by atoms with Crippen LogP contribution in [0.4, 0.5) is 18.0 Å². The molecule has 0 heterocycles. The summed E-state index contributed by atoms with van der Waals surface area (Å²) in [5.41, 5.74) is 0.567. The molecule has 0 bridgehead atoms. The Hall–Kier alpha value is -3.15. The first-order valence-electron chi connectivity index (χ1n) is 10.6. The summed E-state index contributed by atoms with van der Waals surface area (Å²) in [6.07, 6.45) is -5.55. The number of carbonyl (C=O) groups excluding carboxylic acids is 4. The van der Waals surface area contributed by atoms with Crippen LogP contribution in [0.1, 0.15) is 25.8 Å². The highest BCUT2D eigenvalue weighted by atomic mass is 19.4. The minimum absolute atomic E-state index is 0.0478. The predicted molar refractivity (Wildman–Crippen MR) is 116 cm³/mol. The molecule has 1 rings (SSSR count). The molecule has 12 heteroatoms. The number of rotatable bonds is 13. The lowest BCUT2D eigenvalue weighted by molar-refractivity contribution is -0.146. The Morgan fingerprint density at radius 2 is 1.62 bits per heavy atom. The van der Waals surface area contributed by atoms with Crippen molar-refractivity contribution in [3.8, 4) is 0 Å². The van der Waals surface area contributed by atoms with Crippen LogP contribution in [-0.4, -0.2) is 68.8 Å². The number of ketones is 1. The van der Waals surface area contributed by atoms with Gasteiger partial charge in [0.05, 0.1) is 6.61 Å². The van der Waals surface area contributed by atoms with E-state index in [4.69, 9.17) is 9.47 Å². The SMILES string of the molecule is COCCOC(=O)NC(CC(C)C)C(=O)N[C@@H](Cc1ccccc1)C(=O)C(=O)NCC(F)(F)F. The summed E-state index contributed by atoms with van der Waals surface area (Å²) in [6.45, 7) is 2.02. The van der Waals surface area contributed by atoms with Gasteiger partial charge in [0.25, 0.3) is 5.91 Å². The Balaban J connectivity index is 2.99. The zero-order valence-electron chi connectivity index (χ0n) is 19.2. The molecule has 0 radical (unpaired) electrons. The molecule has 34 heavy (non-hydrogen) atoms. The molecule has 0 saturated carbocycles. The summed E-state index contributed by atoms with van der Waals surface area (Å²) in [4.78, 5) is 49.6. The standard InChI is InChI=1S/C22H30F3N3O6/c1-14(2)11-17(28-21(32)34-10-9-33-3)19(30)27-16(12-15-7-5-4-6-8-15)18(29)20(31)26-13-22(23,24)25/h4-8,14,16-17H,9-13H2,1-3H3,(H,26,31)(H,27,30)(H,28,32)/t16-,17?/m0/s1. The Morgan fingerprint density at radius 3 is 2.18 bits per heavy atom. The fraction of sp³-hybridized carbons (Fsp3) is 0.545. The van der Waals surface area contributed by atoms with Crippen LogP contribution in [0.2, 0.25) is 0 Å². The zero-order valence-corrected chi connectivity index (χ0v) is 19.2. The van der Waals surface area contributed by atoms with Crippen molar-refractivity contribution >= 4 is 23.7 Å². The number of Topliss-reactive ketones (excluding diaryl/α,β-unsaturated/α-hetero) is 1. The van der Waals surface area contributed by atoms with Crippen molar-refractivity contribution in [2.24, 2.45) is 5.92 Å². The van der Waals surface area contributed by atoms with Crippen LogP contribution in [0.25, 0.3) is 0 Å². The number of hydrogen-bond acceptors (Lipinski definition) is 6. The molecule has 3 amide bonds. The second kappa shape index (κ2) is 14.2. The van der Waals surface area contributed by atoms with E-state index in [1.807, 2.05) is 0 Å². The second-order valence-electron chi connectivity index (χ2n) is 7.87. The number of benzene rings is 1. The van der Waals surface area contributed by atoms with Crippen molar-refractivity contribution in [3.63, 3.8) is 0 Å². The quantitative estimate of drug-likeness (QED) is 0.287. The summed E-state index contributed by atoms with van der Waals surface area (Å²) in [5, 5.41) is 6.31. The van der Waals surface area contributed by atoms with E-state index in [1.54, 1.807) is 44.2 Å². The molecule has 0 fully saturated rings. The van der Waals surface area contributed by atoms with Gasteiger partial charge in [-0.15, -0.1) is 0 Å². The number of amides is 3. The van der Waals surface area contributed by atoms with E-state index >= 15 is 0 Å². The summed E-state index contributed by atoms with van der Waals surface area (Å²) in [5.74, 6) is -3.55. The van der Waals surface area contributed by atoms with E-state index < -0.39 is 48.5 Å². The first-order chi connectivity index (χ1) is 15.9. The van der Waals surface area contributed by atoms with Crippen LogP contribution in [0.5, 0.6) is 0 Å². The third-order valence-electron chi connectivity index (χ3n) is 4.43. The number of halogens is 3. The van der Waals surface area contributed by atoms with Gasteiger partial charge >= 0.3 is 12.3 Å². The molecular formula is C22H30F3N3O6. The Morgan fingerprint density at radius 1 is 0.971 bits per heavy atom. The second-order valence-corrected chi connectivity index (χ2v) is 7.87. The monoisotopic (exact) mass is 489 g/mol. The molecule has 9 nitrogen and oxygen atoms in total. The van der Waals surface area contributed by atoms with Crippen LogP contribution in [0, 0.1) is 5.92 Å². The first kappa shape index (κ1) is 28.9. The number of nitrogens with one attached hydrogen (secondary N) is 3.